The number of amides is 1. The Morgan fingerprint density at radius 1 is 1.17 bits per heavy atom. The highest BCUT2D eigenvalue weighted by molar-refractivity contribution is 14.1. The van der Waals surface area contributed by atoms with Crippen LogP contribution in [0.15, 0.2) is 48.5 Å². The Balaban J connectivity index is 1.65. The molecule has 1 amide bonds. The van der Waals surface area contributed by atoms with Crippen molar-refractivity contribution in [3.63, 3.8) is 0 Å². The summed E-state index contributed by atoms with van der Waals surface area (Å²) in [4.78, 5) is 12.7. The lowest BCUT2D eigenvalue weighted by molar-refractivity contribution is 0.0949. The summed E-state index contributed by atoms with van der Waals surface area (Å²) in [5.41, 5.74) is 2.23. The van der Waals surface area contributed by atoms with E-state index < -0.39 is 10.0 Å². The Hall–Kier alpha value is -1.85. The molecule has 1 aliphatic heterocycles. The fraction of sp³-hybridized carbons (Fsp3) is 0.350. The van der Waals surface area contributed by atoms with Crippen LogP contribution in [0.3, 0.4) is 0 Å². The fourth-order valence-electron chi connectivity index (χ4n) is 3.21. The first-order valence-corrected chi connectivity index (χ1v) is 12.2. The highest BCUT2D eigenvalue weighted by Gasteiger charge is 2.26. The van der Waals surface area contributed by atoms with Crippen LogP contribution >= 0.6 is 22.9 Å². The van der Waals surface area contributed by atoms with Crippen molar-refractivity contribution >= 4 is 44.5 Å². The molecule has 29 heavy (non-hydrogen) atoms. The first-order chi connectivity index (χ1) is 13.9. The van der Waals surface area contributed by atoms with Gasteiger partial charge in [0.05, 0.1) is 40.4 Å². The van der Waals surface area contributed by atoms with Gasteiger partial charge in [-0.2, -0.15) is 0 Å². The molecule has 1 aliphatic rings. The smallest absolute Gasteiger partial charge is 0.253 e. The summed E-state index contributed by atoms with van der Waals surface area (Å²) in [6.07, 6.45) is 2.39. The van der Waals surface area contributed by atoms with Crippen LogP contribution in [0.5, 0.6) is 5.75 Å². The third kappa shape index (κ3) is 6.06. The predicted octanol–water partition coefficient (Wildman–Crippen LogP) is 3.18. The standard InChI is InChI=1S/C20H24IN3O4S/c1-29(26,27)24-11-9-16(10-12-24)28-17-7-8-19(23-21)18(13-17)20(25)22-14-15-5-3-2-4-6-15/h2-8,13,16,23H,9-12,14H2,1H3,(H,22,25). The molecule has 3 rings (SSSR count). The van der Waals surface area contributed by atoms with Gasteiger partial charge >= 0.3 is 0 Å². The van der Waals surface area contributed by atoms with Crippen molar-refractivity contribution in [1.29, 1.82) is 0 Å². The number of piperidine rings is 1. The zero-order valence-corrected chi connectivity index (χ0v) is 19.1. The molecule has 2 aromatic carbocycles. The number of hydrogen-bond donors (Lipinski definition) is 2. The van der Waals surface area contributed by atoms with Crippen molar-refractivity contribution in [2.75, 3.05) is 22.9 Å². The van der Waals surface area contributed by atoms with Crippen LogP contribution in [0, 0.1) is 0 Å². The summed E-state index contributed by atoms with van der Waals surface area (Å²) in [7, 11) is -3.16. The lowest BCUT2D eigenvalue weighted by atomic mass is 10.1. The van der Waals surface area contributed by atoms with Crippen LogP contribution in [0.2, 0.25) is 0 Å². The molecule has 7 nitrogen and oxygen atoms in total. The van der Waals surface area contributed by atoms with Gasteiger partial charge in [-0.15, -0.1) is 0 Å². The van der Waals surface area contributed by atoms with E-state index >= 15 is 0 Å². The van der Waals surface area contributed by atoms with Gasteiger partial charge in [0.15, 0.2) is 0 Å². The van der Waals surface area contributed by atoms with Crippen LogP contribution in [0.1, 0.15) is 28.8 Å². The van der Waals surface area contributed by atoms with Gasteiger partial charge in [-0.3, -0.25) is 4.79 Å². The van der Waals surface area contributed by atoms with Crippen LogP contribution in [-0.4, -0.2) is 44.1 Å². The Morgan fingerprint density at radius 2 is 1.86 bits per heavy atom. The molecule has 1 saturated heterocycles. The summed E-state index contributed by atoms with van der Waals surface area (Å²) in [6.45, 7) is 1.33. The van der Waals surface area contributed by atoms with Crippen molar-refractivity contribution in [2.45, 2.75) is 25.5 Å². The lowest BCUT2D eigenvalue weighted by Gasteiger charge is -2.30. The van der Waals surface area contributed by atoms with E-state index in [1.807, 2.05) is 65.3 Å². The summed E-state index contributed by atoms with van der Waals surface area (Å²) in [5, 5.41) is 2.93. The zero-order chi connectivity index (χ0) is 20.9. The number of hydrogen-bond acceptors (Lipinski definition) is 5. The zero-order valence-electron chi connectivity index (χ0n) is 16.1. The number of anilines is 1. The van der Waals surface area contributed by atoms with E-state index in [0.29, 0.717) is 49.5 Å². The van der Waals surface area contributed by atoms with E-state index in [0.717, 1.165) is 5.56 Å². The largest absolute Gasteiger partial charge is 0.490 e. The van der Waals surface area contributed by atoms with Crippen molar-refractivity contribution in [2.24, 2.45) is 0 Å². The van der Waals surface area contributed by atoms with Gasteiger partial charge in [0, 0.05) is 19.6 Å². The minimum Gasteiger partial charge on any atom is -0.490 e. The molecule has 0 radical (unpaired) electrons. The average molecular weight is 529 g/mol. The third-order valence-corrected chi connectivity index (χ3v) is 6.69. The van der Waals surface area contributed by atoms with E-state index in [1.54, 1.807) is 6.07 Å². The Labute approximate surface area is 185 Å². The predicted molar refractivity (Wildman–Crippen MR) is 122 cm³/mol. The molecule has 0 spiro atoms. The molecule has 0 saturated carbocycles. The fourth-order valence-corrected chi connectivity index (χ4v) is 4.56. The van der Waals surface area contributed by atoms with E-state index in [-0.39, 0.29) is 12.0 Å². The van der Waals surface area contributed by atoms with Gasteiger partial charge in [0.1, 0.15) is 11.9 Å². The maximum Gasteiger partial charge on any atom is 0.253 e. The van der Waals surface area contributed by atoms with Crippen molar-refractivity contribution in [3.05, 3.63) is 59.7 Å². The van der Waals surface area contributed by atoms with Crippen LogP contribution in [0.4, 0.5) is 5.69 Å². The molecule has 9 heteroatoms. The quantitative estimate of drug-likeness (QED) is 0.425. The summed E-state index contributed by atoms with van der Waals surface area (Å²) in [6, 6.07) is 15.1. The van der Waals surface area contributed by atoms with E-state index in [2.05, 4.69) is 8.85 Å². The minimum absolute atomic E-state index is 0.0772. The van der Waals surface area contributed by atoms with Gasteiger partial charge in [-0.1, -0.05) is 30.3 Å². The molecule has 0 aliphatic carbocycles. The molecule has 1 fully saturated rings. The monoisotopic (exact) mass is 529 g/mol. The maximum absolute atomic E-state index is 12.7. The molecule has 2 N–H and O–H groups in total. The Morgan fingerprint density at radius 3 is 2.48 bits per heavy atom. The van der Waals surface area contributed by atoms with Gasteiger partial charge in [0.25, 0.3) is 5.91 Å². The Bertz CT molecular complexity index is 945. The number of nitrogens with one attached hydrogen (secondary N) is 2. The minimum atomic E-state index is -3.16. The molecule has 1 heterocycles. The number of ether oxygens (including phenoxy) is 1. The van der Waals surface area contributed by atoms with Crippen molar-refractivity contribution < 1.29 is 17.9 Å². The molecule has 0 bridgehead atoms. The van der Waals surface area contributed by atoms with E-state index in [4.69, 9.17) is 4.74 Å². The highest BCUT2D eigenvalue weighted by atomic mass is 127. The van der Waals surface area contributed by atoms with Crippen LogP contribution in [-0.2, 0) is 16.6 Å². The van der Waals surface area contributed by atoms with E-state index in [9.17, 15) is 13.2 Å². The van der Waals surface area contributed by atoms with Crippen molar-refractivity contribution in [1.82, 2.24) is 9.62 Å². The SMILES string of the molecule is CS(=O)(=O)N1CCC(Oc2ccc(NI)c(C(=O)NCc3ccccc3)c2)CC1. The maximum atomic E-state index is 12.7. The van der Waals surface area contributed by atoms with Gasteiger partial charge < -0.3 is 13.6 Å². The molecule has 156 valence electrons. The van der Waals surface area contributed by atoms with Gasteiger partial charge in [-0.05, 0) is 36.6 Å². The lowest BCUT2D eigenvalue weighted by Crippen LogP contribution is -2.41. The number of nitrogens with zero attached hydrogens (tertiary/aromatic N) is 1. The van der Waals surface area contributed by atoms with Crippen LogP contribution in [0.25, 0.3) is 0 Å². The normalized spacial score (nSPS) is 15.7. The molecule has 0 unspecified atom stereocenters. The number of benzene rings is 2. The second kappa shape index (κ2) is 9.77. The number of rotatable bonds is 7. The Kier molecular flexibility index (Phi) is 7.36. The molecular weight excluding hydrogens is 505 g/mol. The molecular formula is C20H24IN3O4S. The summed E-state index contributed by atoms with van der Waals surface area (Å²) in [5.74, 6) is 0.411. The molecule has 0 atom stereocenters. The summed E-state index contributed by atoms with van der Waals surface area (Å²) < 4.78 is 33.8. The van der Waals surface area contributed by atoms with Gasteiger partial charge in [0.2, 0.25) is 10.0 Å². The molecule has 0 aromatic heterocycles. The first-order valence-electron chi connectivity index (χ1n) is 9.31. The first kappa shape index (κ1) is 21.8. The number of carbonyl (C=O) groups excluding carboxylic acids is 1. The molecule has 2 aromatic rings. The topological polar surface area (TPSA) is 87.7 Å². The average Bonchev–Trinajstić information content (AvgIpc) is 2.72. The second-order valence-electron chi connectivity index (χ2n) is 6.95. The number of sulfonamides is 1. The third-order valence-electron chi connectivity index (χ3n) is 4.81. The van der Waals surface area contributed by atoms with Gasteiger partial charge in [-0.25, -0.2) is 12.7 Å². The second-order valence-corrected chi connectivity index (χ2v) is 9.47. The number of halogens is 1. The highest BCUT2D eigenvalue weighted by Crippen LogP contribution is 2.26. The van der Waals surface area contributed by atoms with Crippen molar-refractivity contribution in [3.8, 4) is 5.75 Å². The van der Waals surface area contributed by atoms with E-state index in [1.165, 1.54) is 10.6 Å². The van der Waals surface area contributed by atoms with Crippen LogP contribution < -0.4 is 13.6 Å². The summed E-state index contributed by atoms with van der Waals surface area (Å²) >= 11 is 2.00. The number of carbonyl (C=O) groups is 1.